The minimum absolute atomic E-state index is 0.144. The predicted molar refractivity (Wildman–Crippen MR) is 108 cm³/mol. The average Bonchev–Trinajstić information content (AvgIpc) is 3.17. The molecule has 3 aromatic heterocycles. The lowest BCUT2D eigenvalue weighted by atomic mass is 10.1. The maximum atomic E-state index is 12.4. The van der Waals surface area contributed by atoms with Crippen molar-refractivity contribution in [3.8, 4) is 0 Å². The van der Waals surface area contributed by atoms with Crippen LogP contribution in [-0.2, 0) is 16.1 Å². The summed E-state index contributed by atoms with van der Waals surface area (Å²) in [7, 11) is 0. The molecular formula is C20H17N5O6. The zero-order valence-corrected chi connectivity index (χ0v) is 16.6. The number of nitrogens with one attached hydrogen (secondary N) is 1. The van der Waals surface area contributed by atoms with Crippen molar-refractivity contribution < 1.29 is 23.5 Å². The van der Waals surface area contributed by atoms with Crippen molar-refractivity contribution in [3.05, 3.63) is 64.0 Å². The van der Waals surface area contributed by atoms with Crippen LogP contribution in [0.5, 0.6) is 0 Å². The molecule has 0 spiro atoms. The molecule has 11 heteroatoms. The number of hydrogen-bond acceptors (Lipinski definition) is 9. The molecule has 4 rings (SSSR count). The molecule has 0 fully saturated rings. The van der Waals surface area contributed by atoms with Gasteiger partial charge in [0.05, 0.1) is 6.61 Å². The molecule has 1 amide bonds. The van der Waals surface area contributed by atoms with Crippen molar-refractivity contribution in [3.63, 3.8) is 0 Å². The van der Waals surface area contributed by atoms with Gasteiger partial charge in [-0.3, -0.25) is 5.32 Å². The Morgan fingerprint density at radius 3 is 2.81 bits per heavy atom. The summed E-state index contributed by atoms with van der Waals surface area (Å²) in [6, 6.07) is 7.70. The summed E-state index contributed by atoms with van der Waals surface area (Å²) in [6.45, 7) is 3.51. The second kappa shape index (κ2) is 8.22. The Morgan fingerprint density at radius 1 is 1.19 bits per heavy atom. The van der Waals surface area contributed by atoms with Crippen LogP contribution in [0.2, 0.25) is 0 Å². The Labute approximate surface area is 174 Å². The quantitative estimate of drug-likeness (QED) is 0.379. The van der Waals surface area contributed by atoms with E-state index in [2.05, 4.69) is 20.4 Å². The molecule has 0 aliphatic rings. The summed E-state index contributed by atoms with van der Waals surface area (Å²) in [6.07, 6.45) is 0.938. The third-order valence-electron chi connectivity index (χ3n) is 4.32. The molecule has 158 valence electrons. The first-order valence-corrected chi connectivity index (χ1v) is 9.30. The lowest BCUT2D eigenvalue weighted by Crippen LogP contribution is -2.13. The molecule has 0 aliphatic carbocycles. The van der Waals surface area contributed by atoms with Gasteiger partial charge in [0.2, 0.25) is 0 Å². The number of hydrogen-bond donors (Lipinski definition) is 1. The van der Waals surface area contributed by atoms with E-state index in [0.717, 1.165) is 5.69 Å². The number of carbonyl (C=O) groups is 2. The van der Waals surface area contributed by atoms with Crippen LogP contribution in [0, 0.1) is 6.92 Å². The number of anilines is 1. The van der Waals surface area contributed by atoms with Crippen molar-refractivity contribution in [2.75, 3.05) is 11.9 Å². The molecular weight excluding hydrogens is 406 g/mol. The maximum absolute atomic E-state index is 12.4. The second-order valence-corrected chi connectivity index (χ2v) is 6.46. The van der Waals surface area contributed by atoms with Gasteiger partial charge in [-0.15, -0.1) is 5.10 Å². The number of ether oxygens (including phenoxy) is 2. The molecule has 11 nitrogen and oxygen atoms in total. The molecule has 0 unspecified atom stereocenters. The minimum Gasteiger partial charge on any atom is -0.455 e. The standard InChI is InChI=1S/C20H17N5O6/c1-3-29-20(28)22-13-4-5-14-12(8-16(26)31-15(14)9-13)10-30-18(27)17-23-19-21-7-6-11(2)25(19)24-17/h4-9H,3,10H2,1-2H3,(H,22,28). The summed E-state index contributed by atoms with van der Waals surface area (Å²) in [4.78, 5) is 44.0. The molecule has 0 saturated heterocycles. The Balaban J connectivity index is 1.56. The van der Waals surface area contributed by atoms with E-state index in [1.807, 2.05) is 0 Å². The van der Waals surface area contributed by atoms with E-state index < -0.39 is 17.7 Å². The molecule has 0 bridgehead atoms. The highest BCUT2D eigenvalue weighted by Gasteiger charge is 2.17. The van der Waals surface area contributed by atoms with E-state index >= 15 is 0 Å². The largest absolute Gasteiger partial charge is 0.455 e. The van der Waals surface area contributed by atoms with Crippen LogP contribution >= 0.6 is 0 Å². The normalized spacial score (nSPS) is 10.9. The smallest absolute Gasteiger partial charge is 0.411 e. The lowest BCUT2D eigenvalue weighted by Gasteiger charge is -2.08. The Bertz CT molecular complexity index is 1360. The molecule has 1 aromatic carbocycles. The van der Waals surface area contributed by atoms with Gasteiger partial charge in [0.25, 0.3) is 11.6 Å². The number of aromatic nitrogens is 4. The van der Waals surface area contributed by atoms with Crippen molar-refractivity contribution in [2.45, 2.75) is 20.5 Å². The van der Waals surface area contributed by atoms with Crippen LogP contribution in [0.15, 0.2) is 45.7 Å². The monoisotopic (exact) mass is 423 g/mol. The Hall–Kier alpha value is -4.28. The van der Waals surface area contributed by atoms with Crippen molar-refractivity contribution in [1.29, 1.82) is 0 Å². The number of rotatable bonds is 5. The number of aryl methyl sites for hydroxylation is 1. The Kier molecular flexibility index (Phi) is 5.31. The van der Waals surface area contributed by atoms with Crippen molar-refractivity contribution >= 4 is 34.5 Å². The first-order chi connectivity index (χ1) is 14.9. The highest BCUT2D eigenvalue weighted by atomic mass is 16.5. The fourth-order valence-electron chi connectivity index (χ4n) is 2.91. The summed E-state index contributed by atoms with van der Waals surface area (Å²) in [5.74, 6) is -0.624. The molecule has 0 atom stereocenters. The zero-order chi connectivity index (χ0) is 22.0. The highest BCUT2D eigenvalue weighted by molar-refractivity contribution is 5.90. The van der Waals surface area contributed by atoms with Crippen LogP contribution in [-0.4, -0.2) is 38.3 Å². The van der Waals surface area contributed by atoms with Crippen LogP contribution in [0.1, 0.15) is 28.8 Å². The van der Waals surface area contributed by atoms with Gasteiger partial charge in [0.15, 0.2) is 0 Å². The Morgan fingerprint density at radius 2 is 2.03 bits per heavy atom. The third-order valence-corrected chi connectivity index (χ3v) is 4.32. The molecule has 3 heterocycles. The van der Waals surface area contributed by atoms with Crippen LogP contribution < -0.4 is 10.9 Å². The predicted octanol–water partition coefficient (Wildman–Crippen LogP) is 2.46. The van der Waals surface area contributed by atoms with Crippen LogP contribution in [0.25, 0.3) is 16.7 Å². The number of fused-ring (bicyclic) bond motifs is 2. The van der Waals surface area contributed by atoms with E-state index in [-0.39, 0.29) is 30.4 Å². The first kappa shape index (κ1) is 20.0. The molecule has 4 aromatic rings. The molecule has 0 saturated carbocycles. The zero-order valence-electron chi connectivity index (χ0n) is 16.6. The number of amides is 1. The first-order valence-electron chi connectivity index (χ1n) is 9.30. The lowest BCUT2D eigenvalue weighted by molar-refractivity contribution is 0.0459. The fraction of sp³-hybridized carbons (Fsp3) is 0.200. The van der Waals surface area contributed by atoms with E-state index in [9.17, 15) is 14.4 Å². The SMILES string of the molecule is CCOC(=O)Nc1ccc2c(COC(=O)c3nc4nccc(C)n4n3)cc(=O)oc2c1. The van der Waals surface area contributed by atoms with E-state index in [4.69, 9.17) is 13.9 Å². The van der Waals surface area contributed by atoms with E-state index in [1.165, 1.54) is 16.6 Å². The van der Waals surface area contributed by atoms with Crippen LogP contribution in [0.4, 0.5) is 10.5 Å². The fourth-order valence-corrected chi connectivity index (χ4v) is 2.91. The van der Waals surface area contributed by atoms with Crippen LogP contribution in [0.3, 0.4) is 0 Å². The van der Waals surface area contributed by atoms with Gasteiger partial charge in [-0.1, -0.05) is 0 Å². The third kappa shape index (κ3) is 4.20. The van der Waals surface area contributed by atoms with Gasteiger partial charge in [-0.2, -0.15) is 4.98 Å². The molecule has 0 radical (unpaired) electrons. The summed E-state index contributed by atoms with van der Waals surface area (Å²) >= 11 is 0. The minimum atomic E-state index is -0.758. The van der Waals surface area contributed by atoms with Gasteiger partial charge in [0, 0.05) is 40.7 Å². The summed E-state index contributed by atoms with van der Waals surface area (Å²) in [5, 5.41) is 7.17. The summed E-state index contributed by atoms with van der Waals surface area (Å²) in [5.41, 5.74) is 1.17. The maximum Gasteiger partial charge on any atom is 0.411 e. The van der Waals surface area contributed by atoms with Crippen molar-refractivity contribution in [2.24, 2.45) is 0 Å². The number of esters is 1. The van der Waals surface area contributed by atoms with E-state index in [0.29, 0.717) is 16.6 Å². The molecule has 0 aliphatic heterocycles. The highest BCUT2D eigenvalue weighted by Crippen LogP contribution is 2.22. The number of benzene rings is 1. The summed E-state index contributed by atoms with van der Waals surface area (Å²) < 4.78 is 16.8. The average molecular weight is 423 g/mol. The molecule has 1 N–H and O–H groups in total. The van der Waals surface area contributed by atoms with Gasteiger partial charge in [-0.25, -0.2) is 23.9 Å². The molecule has 31 heavy (non-hydrogen) atoms. The number of carbonyl (C=O) groups excluding carboxylic acids is 2. The number of nitrogens with zero attached hydrogens (tertiary/aromatic N) is 4. The van der Waals surface area contributed by atoms with E-state index in [1.54, 1.807) is 38.2 Å². The van der Waals surface area contributed by atoms with Gasteiger partial charge < -0.3 is 13.9 Å². The van der Waals surface area contributed by atoms with Gasteiger partial charge in [-0.05, 0) is 32.0 Å². The van der Waals surface area contributed by atoms with Gasteiger partial charge in [0.1, 0.15) is 12.2 Å². The second-order valence-electron chi connectivity index (χ2n) is 6.46. The van der Waals surface area contributed by atoms with Gasteiger partial charge >= 0.3 is 17.7 Å². The topological polar surface area (TPSA) is 138 Å². The van der Waals surface area contributed by atoms with Crippen molar-refractivity contribution in [1.82, 2.24) is 19.6 Å².